The average molecular weight is 195 g/mol. The minimum absolute atomic E-state index is 0.0944. The maximum absolute atomic E-state index is 9.76. The molecule has 1 aromatic rings. The number of rotatable bonds is 4. The lowest BCUT2D eigenvalue weighted by Crippen LogP contribution is -2.26. The first-order chi connectivity index (χ1) is 6.63. The van der Waals surface area contributed by atoms with Gasteiger partial charge in [0, 0.05) is 6.04 Å². The van der Waals surface area contributed by atoms with Gasteiger partial charge in [0.2, 0.25) is 0 Å². The first-order valence-corrected chi connectivity index (χ1v) is 4.74. The molecule has 0 saturated heterocycles. The number of nitrogens with two attached hydrogens (primary N) is 1. The molecule has 0 aliphatic carbocycles. The van der Waals surface area contributed by atoms with Gasteiger partial charge in [0.25, 0.3) is 0 Å². The molecule has 1 rings (SSSR count). The van der Waals surface area contributed by atoms with Gasteiger partial charge in [-0.05, 0) is 18.9 Å². The van der Waals surface area contributed by atoms with Crippen LogP contribution in [0.5, 0.6) is 0 Å². The summed E-state index contributed by atoms with van der Waals surface area (Å²) in [6.07, 6.45) is -0.197. The van der Waals surface area contributed by atoms with Crippen molar-refractivity contribution in [2.24, 2.45) is 5.73 Å². The zero-order chi connectivity index (χ0) is 10.6. The molecule has 0 fully saturated rings. The van der Waals surface area contributed by atoms with Crippen molar-refractivity contribution in [3.8, 4) is 0 Å². The third-order valence-corrected chi connectivity index (χ3v) is 2.19. The average Bonchev–Trinajstić information content (AvgIpc) is 2.17. The summed E-state index contributed by atoms with van der Waals surface area (Å²) in [7, 11) is 0. The second kappa shape index (κ2) is 5.10. The Labute approximate surface area is 84.2 Å². The number of aliphatic hydroxyl groups is 2. The molecule has 0 spiro atoms. The summed E-state index contributed by atoms with van der Waals surface area (Å²) in [6.45, 7) is 1.88. The van der Waals surface area contributed by atoms with Crippen LogP contribution >= 0.6 is 0 Å². The molecule has 4 N–H and O–H groups in total. The van der Waals surface area contributed by atoms with Gasteiger partial charge in [0.1, 0.15) is 0 Å². The van der Waals surface area contributed by atoms with Crippen LogP contribution < -0.4 is 5.73 Å². The van der Waals surface area contributed by atoms with Crippen LogP contribution in [0.3, 0.4) is 0 Å². The molecule has 2 atom stereocenters. The van der Waals surface area contributed by atoms with Gasteiger partial charge < -0.3 is 15.9 Å². The Morgan fingerprint density at radius 2 is 2.14 bits per heavy atom. The summed E-state index contributed by atoms with van der Waals surface area (Å²) in [5.74, 6) is 0. The quantitative estimate of drug-likeness (QED) is 0.663. The van der Waals surface area contributed by atoms with Crippen molar-refractivity contribution < 1.29 is 10.2 Å². The van der Waals surface area contributed by atoms with Gasteiger partial charge in [-0.15, -0.1) is 0 Å². The van der Waals surface area contributed by atoms with Crippen molar-refractivity contribution in [2.45, 2.75) is 25.5 Å². The maximum atomic E-state index is 9.76. The lowest BCUT2D eigenvalue weighted by Gasteiger charge is -2.15. The second-order valence-corrected chi connectivity index (χ2v) is 3.61. The van der Waals surface area contributed by atoms with Gasteiger partial charge in [-0.3, -0.25) is 0 Å². The molecule has 0 saturated carbocycles. The Bertz CT molecular complexity index is 288. The zero-order valence-electron chi connectivity index (χ0n) is 8.35. The van der Waals surface area contributed by atoms with Crippen LogP contribution in [0.4, 0.5) is 0 Å². The van der Waals surface area contributed by atoms with E-state index in [1.807, 2.05) is 31.2 Å². The lowest BCUT2D eigenvalue weighted by atomic mass is 10.0. The predicted molar refractivity (Wildman–Crippen MR) is 55.8 cm³/mol. The number of hydrogen-bond acceptors (Lipinski definition) is 3. The Balaban J connectivity index is 2.64. The standard InChI is InChI=1S/C11H17NO2/c1-8-3-2-4-9(5-8)11(14)6-10(12)7-13/h2-5,10-11,13-14H,6-7,12H2,1H3/t10-,11-/m0/s1. The van der Waals surface area contributed by atoms with Crippen molar-refractivity contribution in [2.75, 3.05) is 6.61 Å². The van der Waals surface area contributed by atoms with Crippen LogP contribution in [-0.2, 0) is 0 Å². The van der Waals surface area contributed by atoms with Crippen molar-refractivity contribution >= 4 is 0 Å². The smallest absolute Gasteiger partial charge is 0.0805 e. The SMILES string of the molecule is Cc1cccc([C@@H](O)C[C@H](N)CO)c1. The second-order valence-electron chi connectivity index (χ2n) is 3.61. The largest absolute Gasteiger partial charge is 0.395 e. The highest BCUT2D eigenvalue weighted by atomic mass is 16.3. The predicted octanol–water partition coefficient (Wildman–Crippen LogP) is 0.738. The summed E-state index contributed by atoms with van der Waals surface area (Å²) in [5, 5.41) is 18.5. The van der Waals surface area contributed by atoms with E-state index in [4.69, 9.17) is 10.8 Å². The Morgan fingerprint density at radius 3 is 2.71 bits per heavy atom. The van der Waals surface area contributed by atoms with Crippen LogP contribution in [0.2, 0.25) is 0 Å². The highest BCUT2D eigenvalue weighted by Crippen LogP contribution is 2.18. The Kier molecular flexibility index (Phi) is 4.07. The monoisotopic (exact) mass is 195 g/mol. The summed E-state index contributed by atoms with van der Waals surface area (Å²) in [6, 6.07) is 7.31. The van der Waals surface area contributed by atoms with Gasteiger partial charge in [-0.2, -0.15) is 0 Å². The molecule has 1 aromatic carbocycles. The van der Waals surface area contributed by atoms with Crippen molar-refractivity contribution in [3.63, 3.8) is 0 Å². The molecule has 14 heavy (non-hydrogen) atoms. The molecule has 0 bridgehead atoms. The minimum atomic E-state index is -0.586. The van der Waals surface area contributed by atoms with E-state index in [0.717, 1.165) is 11.1 Å². The highest BCUT2D eigenvalue weighted by molar-refractivity contribution is 5.24. The minimum Gasteiger partial charge on any atom is -0.395 e. The van der Waals surface area contributed by atoms with E-state index in [0.29, 0.717) is 6.42 Å². The fourth-order valence-corrected chi connectivity index (χ4v) is 1.37. The lowest BCUT2D eigenvalue weighted by molar-refractivity contribution is 0.140. The first kappa shape index (κ1) is 11.2. The van der Waals surface area contributed by atoms with E-state index in [9.17, 15) is 5.11 Å². The summed E-state index contributed by atoms with van der Waals surface area (Å²) >= 11 is 0. The fraction of sp³-hybridized carbons (Fsp3) is 0.455. The highest BCUT2D eigenvalue weighted by Gasteiger charge is 2.11. The summed E-state index contributed by atoms with van der Waals surface area (Å²) in [4.78, 5) is 0. The van der Waals surface area contributed by atoms with Gasteiger partial charge in [0.15, 0.2) is 0 Å². The number of hydrogen-bond donors (Lipinski definition) is 3. The van der Waals surface area contributed by atoms with Crippen molar-refractivity contribution in [1.82, 2.24) is 0 Å². The molecule has 0 heterocycles. The summed E-state index contributed by atoms with van der Waals surface area (Å²) in [5.41, 5.74) is 7.51. The third kappa shape index (κ3) is 3.10. The van der Waals surface area contributed by atoms with Crippen LogP contribution in [0, 0.1) is 6.92 Å². The van der Waals surface area contributed by atoms with Gasteiger partial charge >= 0.3 is 0 Å². The molecule has 0 aliphatic rings. The molecule has 0 aromatic heterocycles. The molecule has 3 heteroatoms. The molecule has 78 valence electrons. The van der Waals surface area contributed by atoms with Gasteiger partial charge in [0.05, 0.1) is 12.7 Å². The molecule has 3 nitrogen and oxygen atoms in total. The van der Waals surface area contributed by atoms with E-state index < -0.39 is 6.10 Å². The van der Waals surface area contributed by atoms with Crippen LogP contribution in [0.1, 0.15) is 23.7 Å². The van der Waals surface area contributed by atoms with Crippen LogP contribution in [0.25, 0.3) is 0 Å². The third-order valence-electron chi connectivity index (χ3n) is 2.19. The molecule has 0 amide bonds. The Hall–Kier alpha value is -0.900. The molecule has 0 unspecified atom stereocenters. The number of benzene rings is 1. The molecule has 0 radical (unpaired) electrons. The van der Waals surface area contributed by atoms with Gasteiger partial charge in [-0.1, -0.05) is 29.8 Å². The Morgan fingerprint density at radius 1 is 1.43 bits per heavy atom. The van der Waals surface area contributed by atoms with E-state index >= 15 is 0 Å². The summed E-state index contributed by atoms with van der Waals surface area (Å²) < 4.78 is 0. The molecular weight excluding hydrogens is 178 g/mol. The van der Waals surface area contributed by atoms with Crippen molar-refractivity contribution in [3.05, 3.63) is 35.4 Å². The number of aryl methyl sites for hydroxylation is 1. The van der Waals surface area contributed by atoms with E-state index in [2.05, 4.69) is 0 Å². The molecular formula is C11H17NO2. The normalized spacial score (nSPS) is 15.1. The van der Waals surface area contributed by atoms with Crippen molar-refractivity contribution in [1.29, 1.82) is 0 Å². The van der Waals surface area contributed by atoms with Crippen LogP contribution in [-0.4, -0.2) is 22.9 Å². The maximum Gasteiger partial charge on any atom is 0.0805 e. The zero-order valence-corrected chi connectivity index (χ0v) is 8.35. The van der Waals surface area contributed by atoms with E-state index in [1.54, 1.807) is 0 Å². The first-order valence-electron chi connectivity index (χ1n) is 4.74. The van der Waals surface area contributed by atoms with Gasteiger partial charge in [-0.25, -0.2) is 0 Å². The van der Waals surface area contributed by atoms with Crippen LogP contribution in [0.15, 0.2) is 24.3 Å². The topological polar surface area (TPSA) is 66.5 Å². The molecule has 0 aliphatic heterocycles. The van der Waals surface area contributed by atoms with E-state index in [-0.39, 0.29) is 12.6 Å². The fourth-order valence-electron chi connectivity index (χ4n) is 1.37. The van der Waals surface area contributed by atoms with E-state index in [1.165, 1.54) is 0 Å². The number of aliphatic hydroxyl groups excluding tert-OH is 2.